The molecule has 0 aliphatic carbocycles. The molecule has 0 saturated carbocycles. The molecule has 0 bridgehead atoms. The molecule has 0 fully saturated rings. The minimum absolute atomic E-state index is 0.365. The largest absolute Gasteiger partial charge is 0.374 e. The summed E-state index contributed by atoms with van der Waals surface area (Å²) in [5, 5.41) is 0. The Morgan fingerprint density at radius 3 is 2.62 bits per heavy atom. The molecule has 0 unspecified atom stereocenters. The summed E-state index contributed by atoms with van der Waals surface area (Å²) in [5.41, 5.74) is 1.13. The van der Waals surface area contributed by atoms with E-state index in [1.54, 1.807) is 6.07 Å². The minimum Gasteiger partial charge on any atom is -0.374 e. The molecule has 0 aromatic heterocycles. The van der Waals surface area contributed by atoms with Gasteiger partial charge in [0.15, 0.2) is 0 Å². The third-order valence-corrected chi connectivity index (χ3v) is 2.52. The average molecular weight is 223 g/mol. The zero-order valence-corrected chi connectivity index (χ0v) is 10.0. The third-order valence-electron chi connectivity index (χ3n) is 2.52. The van der Waals surface area contributed by atoms with E-state index in [4.69, 9.17) is 0 Å². The van der Waals surface area contributed by atoms with Gasteiger partial charge in [0, 0.05) is 24.8 Å². The molecule has 0 spiro atoms. The minimum atomic E-state index is -0.365. The molecule has 3 heteroatoms. The summed E-state index contributed by atoms with van der Waals surface area (Å²) < 4.78 is 13.2. The Balaban J connectivity index is 2.78. The van der Waals surface area contributed by atoms with Gasteiger partial charge in [-0.25, -0.2) is 4.39 Å². The number of benzene rings is 1. The maximum atomic E-state index is 13.2. The molecule has 1 aromatic carbocycles. The molecule has 0 aliphatic rings. The monoisotopic (exact) mass is 223 g/mol. The summed E-state index contributed by atoms with van der Waals surface area (Å²) in [6.07, 6.45) is 1.71. The second-order valence-corrected chi connectivity index (χ2v) is 4.46. The lowest BCUT2D eigenvalue weighted by atomic mass is 10.1. The van der Waals surface area contributed by atoms with Crippen molar-refractivity contribution >= 4 is 12.0 Å². The quantitative estimate of drug-likeness (QED) is 0.715. The highest BCUT2D eigenvalue weighted by atomic mass is 19.1. The van der Waals surface area contributed by atoms with Gasteiger partial charge in [0.2, 0.25) is 0 Å². The molecule has 0 radical (unpaired) electrons. The fourth-order valence-electron chi connectivity index (χ4n) is 1.47. The number of hydrogen-bond acceptors (Lipinski definition) is 2. The van der Waals surface area contributed by atoms with Crippen LogP contribution in [0.5, 0.6) is 0 Å². The van der Waals surface area contributed by atoms with E-state index in [9.17, 15) is 9.18 Å². The summed E-state index contributed by atoms with van der Waals surface area (Å²) in [7, 11) is 1.91. The van der Waals surface area contributed by atoms with Crippen LogP contribution in [0.15, 0.2) is 18.2 Å². The zero-order chi connectivity index (χ0) is 12.1. The van der Waals surface area contributed by atoms with E-state index in [1.165, 1.54) is 12.1 Å². The van der Waals surface area contributed by atoms with Gasteiger partial charge in [-0.3, -0.25) is 4.79 Å². The van der Waals surface area contributed by atoms with Crippen LogP contribution >= 0.6 is 0 Å². The molecule has 0 heterocycles. The van der Waals surface area contributed by atoms with E-state index in [0.717, 1.165) is 18.7 Å². The van der Waals surface area contributed by atoms with E-state index in [2.05, 4.69) is 13.8 Å². The van der Waals surface area contributed by atoms with Gasteiger partial charge in [-0.15, -0.1) is 0 Å². The van der Waals surface area contributed by atoms with Crippen LogP contribution in [0, 0.1) is 11.7 Å². The van der Waals surface area contributed by atoms with Gasteiger partial charge in [0.25, 0.3) is 0 Å². The molecule has 1 aromatic rings. The van der Waals surface area contributed by atoms with Crippen molar-refractivity contribution in [1.82, 2.24) is 0 Å². The second kappa shape index (κ2) is 5.64. The Morgan fingerprint density at radius 1 is 1.38 bits per heavy atom. The van der Waals surface area contributed by atoms with Crippen molar-refractivity contribution in [1.29, 1.82) is 0 Å². The maximum Gasteiger partial charge on any atom is 0.150 e. The molecule has 0 N–H and O–H groups in total. The van der Waals surface area contributed by atoms with Crippen LogP contribution < -0.4 is 4.90 Å². The van der Waals surface area contributed by atoms with Gasteiger partial charge >= 0.3 is 0 Å². The Labute approximate surface area is 96.1 Å². The normalized spacial score (nSPS) is 10.6. The summed E-state index contributed by atoms with van der Waals surface area (Å²) in [4.78, 5) is 12.6. The topological polar surface area (TPSA) is 20.3 Å². The van der Waals surface area contributed by atoms with Crippen LogP contribution in [0.1, 0.15) is 30.6 Å². The molecular weight excluding hydrogens is 205 g/mol. The van der Waals surface area contributed by atoms with Crippen LogP contribution in [0.25, 0.3) is 0 Å². The van der Waals surface area contributed by atoms with Gasteiger partial charge in [0.05, 0.1) is 0 Å². The van der Waals surface area contributed by atoms with Crippen molar-refractivity contribution in [3.63, 3.8) is 0 Å². The van der Waals surface area contributed by atoms with Gasteiger partial charge in [-0.05, 0) is 30.5 Å². The second-order valence-electron chi connectivity index (χ2n) is 4.46. The first-order valence-corrected chi connectivity index (χ1v) is 5.50. The Hall–Kier alpha value is -1.38. The summed E-state index contributed by atoms with van der Waals surface area (Å²) in [5.74, 6) is 0.248. The van der Waals surface area contributed by atoms with Crippen molar-refractivity contribution in [3.05, 3.63) is 29.6 Å². The standard InChI is InChI=1S/C13H18FNO/c1-10(2)4-5-15(3)13-7-11(9-16)6-12(14)8-13/h6-10H,4-5H2,1-3H3. The highest BCUT2D eigenvalue weighted by molar-refractivity contribution is 5.77. The van der Waals surface area contributed by atoms with Gasteiger partial charge in [-0.1, -0.05) is 13.8 Å². The number of carbonyl (C=O) groups is 1. The van der Waals surface area contributed by atoms with Crippen molar-refractivity contribution in [2.24, 2.45) is 5.92 Å². The van der Waals surface area contributed by atoms with E-state index in [1.807, 2.05) is 11.9 Å². The SMILES string of the molecule is CC(C)CCN(C)c1cc(F)cc(C=O)c1. The number of anilines is 1. The van der Waals surface area contributed by atoms with Crippen molar-refractivity contribution < 1.29 is 9.18 Å². The molecular formula is C13H18FNO. The number of hydrogen-bond donors (Lipinski definition) is 0. The zero-order valence-electron chi connectivity index (χ0n) is 10.0. The number of rotatable bonds is 5. The molecule has 16 heavy (non-hydrogen) atoms. The lowest BCUT2D eigenvalue weighted by molar-refractivity contribution is 0.112. The molecule has 88 valence electrons. The van der Waals surface area contributed by atoms with E-state index in [-0.39, 0.29) is 5.82 Å². The van der Waals surface area contributed by atoms with E-state index in [0.29, 0.717) is 17.8 Å². The first-order chi connectivity index (χ1) is 7.52. The highest BCUT2D eigenvalue weighted by Crippen LogP contribution is 2.17. The number of aldehydes is 1. The Bertz CT molecular complexity index is 363. The molecule has 0 saturated heterocycles. The molecule has 0 atom stereocenters. The molecule has 2 nitrogen and oxygen atoms in total. The third kappa shape index (κ3) is 3.65. The van der Waals surface area contributed by atoms with Gasteiger partial charge < -0.3 is 4.90 Å². The lowest BCUT2D eigenvalue weighted by Gasteiger charge is -2.20. The fraction of sp³-hybridized carbons (Fsp3) is 0.462. The van der Waals surface area contributed by atoms with Crippen molar-refractivity contribution in [2.45, 2.75) is 20.3 Å². The lowest BCUT2D eigenvalue weighted by Crippen LogP contribution is -2.20. The number of halogens is 1. The van der Waals surface area contributed by atoms with Crippen LogP contribution in [0.3, 0.4) is 0 Å². The van der Waals surface area contributed by atoms with Crippen molar-refractivity contribution in [3.8, 4) is 0 Å². The van der Waals surface area contributed by atoms with E-state index < -0.39 is 0 Å². The average Bonchev–Trinajstić information content (AvgIpc) is 2.24. The summed E-state index contributed by atoms with van der Waals surface area (Å²) >= 11 is 0. The first-order valence-electron chi connectivity index (χ1n) is 5.50. The van der Waals surface area contributed by atoms with Crippen molar-refractivity contribution in [2.75, 3.05) is 18.5 Å². The highest BCUT2D eigenvalue weighted by Gasteiger charge is 2.05. The Kier molecular flexibility index (Phi) is 4.47. The van der Waals surface area contributed by atoms with Crippen LogP contribution in [0.2, 0.25) is 0 Å². The Morgan fingerprint density at radius 2 is 2.06 bits per heavy atom. The van der Waals surface area contributed by atoms with Gasteiger partial charge in [-0.2, -0.15) is 0 Å². The summed E-state index contributed by atoms with van der Waals surface area (Å²) in [6.45, 7) is 5.16. The number of carbonyl (C=O) groups excluding carboxylic acids is 1. The summed E-state index contributed by atoms with van der Waals surface area (Å²) in [6, 6.07) is 4.40. The fourth-order valence-corrected chi connectivity index (χ4v) is 1.47. The van der Waals surface area contributed by atoms with Gasteiger partial charge in [0.1, 0.15) is 12.1 Å². The number of nitrogens with zero attached hydrogens (tertiary/aromatic N) is 1. The van der Waals surface area contributed by atoms with Crippen LogP contribution in [-0.4, -0.2) is 19.9 Å². The predicted octanol–water partition coefficient (Wildman–Crippen LogP) is 3.12. The smallest absolute Gasteiger partial charge is 0.150 e. The maximum absolute atomic E-state index is 13.2. The van der Waals surface area contributed by atoms with Crippen LogP contribution in [0.4, 0.5) is 10.1 Å². The molecule has 0 amide bonds. The predicted molar refractivity (Wildman–Crippen MR) is 64.5 cm³/mol. The molecule has 1 rings (SSSR count). The molecule has 0 aliphatic heterocycles. The van der Waals surface area contributed by atoms with E-state index >= 15 is 0 Å². The first kappa shape index (κ1) is 12.7. The van der Waals surface area contributed by atoms with Crippen LogP contribution in [-0.2, 0) is 0 Å².